The van der Waals surface area contributed by atoms with Crippen LogP contribution in [-0.2, 0) is 11.3 Å². The molecule has 21 heavy (non-hydrogen) atoms. The first kappa shape index (κ1) is 17.8. The fourth-order valence-electron chi connectivity index (χ4n) is 1.77. The average Bonchev–Trinajstić information content (AvgIpc) is 3.09. The highest BCUT2D eigenvalue weighted by Crippen LogP contribution is 2.19. The standard InChI is InChI=1S/C14H23N5O.HI/c1-18(2)13(20)9-16-14(17-11-6-7-11)19(3)10-12-5-4-8-15-12;/h4-5,8,11,15H,6-7,9-10H2,1-3H3,(H,16,17);1H. The molecule has 1 aliphatic rings. The topological polar surface area (TPSA) is 63.7 Å². The van der Waals surface area contributed by atoms with Crippen LogP contribution in [0, 0.1) is 0 Å². The molecule has 0 atom stereocenters. The number of carbonyl (C=O) groups is 1. The molecule has 7 heteroatoms. The third-order valence-corrected chi connectivity index (χ3v) is 3.20. The molecule has 2 N–H and O–H groups in total. The molecule has 0 radical (unpaired) electrons. The Hall–Kier alpha value is -1.25. The highest BCUT2D eigenvalue weighted by molar-refractivity contribution is 14.0. The van der Waals surface area contributed by atoms with Crippen LogP contribution in [0.15, 0.2) is 23.3 Å². The van der Waals surface area contributed by atoms with Crippen molar-refractivity contribution < 1.29 is 4.79 Å². The first-order chi connectivity index (χ1) is 9.56. The van der Waals surface area contributed by atoms with Crippen LogP contribution in [0.5, 0.6) is 0 Å². The SMILES string of the molecule is CN(C)C(=O)CN=C(NC1CC1)N(C)Cc1ccc[nH]1.I. The first-order valence-electron chi connectivity index (χ1n) is 6.91. The van der Waals surface area contributed by atoms with Gasteiger partial charge in [0.15, 0.2) is 5.96 Å². The van der Waals surface area contributed by atoms with Crippen LogP contribution < -0.4 is 5.32 Å². The summed E-state index contributed by atoms with van der Waals surface area (Å²) < 4.78 is 0. The molecule has 1 fully saturated rings. The number of likely N-dealkylation sites (N-methyl/N-ethyl adjacent to an activating group) is 1. The lowest BCUT2D eigenvalue weighted by atomic mass is 10.4. The van der Waals surface area contributed by atoms with Gasteiger partial charge in [-0.2, -0.15) is 0 Å². The van der Waals surface area contributed by atoms with Crippen molar-refractivity contribution in [3.63, 3.8) is 0 Å². The fraction of sp³-hybridized carbons (Fsp3) is 0.571. The second-order valence-electron chi connectivity index (χ2n) is 5.40. The summed E-state index contributed by atoms with van der Waals surface area (Å²) in [5, 5.41) is 3.39. The molecule has 1 saturated carbocycles. The number of hydrogen-bond donors (Lipinski definition) is 2. The zero-order valence-electron chi connectivity index (χ0n) is 12.8. The number of guanidine groups is 1. The van der Waals surface area contributed by atoms with Crippen LogP contribution in [0.2, 0.25) is 0 Å². The Labute approximate surface area is 143 Å². The number of rotatable bonds is 5. The molecule has 1 aliphatic carbocycles. The molecule has 1 amide bonds. The van der Waals surface area contributed by atoms with Gasteiger partial charge in [0, 0.05) is 39.1 Å². The molecule has 6 nitrogen and oxygen atoms in total. The molecule has 0 aliphatic heterocycles. The van der Waals surface area contributed by atoms with E-state index in [1.54, 1.807) is 19.0 Å². The van der Waals surface area contributed by atoms with Gasteiger partial charge in [-0.1, -0.05) is 0 Å². The second kappa shape index (κ2) is 8.26. The number of aromatic amines is 1. The van der Waals surface area contributed by atoms with Gasteiger partial charge in [-0.05, 0) is 25.0 Å². The van der Waals surface area contributed by atoms with E-state index in [4.69, 9.17) is 0 Å². The minimum atomic E-state index is 0. The third kappa shape index (κ3) is 5.94. The monoisotopic (exact) mass is 405 g/mol. The number of halogens is 1. The Bertz CT molecular complexity index is 468. The molecule has 1 aromatic rings. The summed E-state index contributed by atoms with van der Waals surface area (Å²) in [6, 6.07) is 4.52. The molecule has 0 unspecified atom stereocenters. The van der Waals surface area contributed by atoms with E-state index in [9.17, 15) is 4.79 Å². The highest BCUT2D eigenvalue weighted by atomic mass is 127. The number of nitrogens with one attached hydrogen (secondary N) is 2. The molecule has 1 heterocycles. The van der Waals surface area contributed by atoms with Crippen molar-refractivity contribution in [2.45, 2.75) is 25.4 Å². The van der Waals surface area contributed by atoms with Gasteiger partial charge in [-0.3, -0.25) is 4.79 Å². The quantitative estimate of drug-likeness (QED) is 0.441. The lowest BCUT2D eigenvalue weighted by Crippen LogP contribution is -2.40. The van der Waals surface area contributed by atoms with E-state index in [0.29, 0.717) is 6.04 Å². The number of H-pyrrole nitrogens is 1. The summed E-state index contributed by atoms with van der Waals surface area (Å²) in [4.78, 5) is 22.9. The first-order valence-corrected chi connectivity index (χ1v) is 6.91. The van der Waals surface area contributed by atoms with Crippen LogP contribution in [0.3, 0.4) is 0 Å². The maximum atomic E-state index is 11.7. The maximum Gasteiger partial charge on any atom is 0.243 e. The summed E-state index contributed by atoms with van der Waals surface area (Å²) >= 11 is 0. The lowest BCUT2D eigenvalue weighted by molar-refractivity contribution is -0.127. The summed E-state index contributed by atoms with van der Waals surface area (Å²) in [5.74, 6) is 0.797. The van der Waals surface area contributed by atoms with Gasteiger partial charge < -0.3 is 20.1 Å². The Morgan fingerprint density at radius 3 is 2.67 bits per heavy atom. The van der Waals surface area contributed by atoms with Crippen LogP contribution in [0.4, 0.5) is 0 Å². The summed E-state index contributed by atoms with van der Waals surface area (Å²) in [6.45, 7) is 0.916. The van der Waals surface area contributed by atoms with Crippen molar-refractivity contribution in [3.8, 4) is 0 Å². The van der Waals surface area contributed by atoms with Crippen LogP contribution in [0.25, 0.3) is 0 Å². The minimum absolute atomic E-state index is 0. The third-order valence-electron chi connectivity index (χ3n) is 3.20. The zero-order chi connectivity index (χ0) is 14.5. The molecule has 0 bridgehead atoms. The van der Waals surface area contributed by atoms with Gasteiger partial charge in [-0.15, -0.1) is 24.0 Å². The van der Waals surface area contributed by atoms with Gasteiger partial charge in [-0.25, -0.2) is 4.99 Å². The van der Waals surface area contributed by atoms with E-state index < -0.39 is 0 Å². The number of carbonyl (C=O) groups excluding carboxylic acids is 1. The van der Waals surface area contributed by atoms with Crippen LogP contribution in [0.1, 0.15) is 18.5 Å². The maximum absolute atomic E-state index is 11.7. The van der Waals surface area contributed by atoms with Crippen molar-refractivity contribution in [1.29, 1.82) is 0 Å². The summed E-state index contributed by atoms with van der Waals surface area (Å²) in [5.41, 5.74) is 1.12. The molecular weight excluding hydrogens is 381 g/mol. The minimum Gasteiger partial charge on any atom is -0.364 e. The summed E-state index contributed by atoms with van der Waals surface area (Å²) in [6.07, 6.45) is 4.26. The Morgan fingerprint density at radius 2 is 2.14 bits per heavy atom. The number of aromatic nitrogens is 1. The van der Waals surface area contributed by atoms with Crippen molar-refractivity contribution in [3.05, 3.63) is 24.0 Å². The van der Waals surface area contributed by atoms with Crippen molar-refractivity contribution in [1.82, 2.24) is 20.1 Å². The van der Waals surface area contributed by atoms with E-state index in [2.05, 4.69) is 15.3 Å². The van der Waals surface area contributed by atoms with E-state index in [-0.39, 0.29) is 36.4 Å². The Balaban J connectivity index is 0.00000220. The van der Waals surface area contributed by atoms with Gasteiger partial charge in [0.05, 0.1) is 6.54 Å². The molecule has 0 spiro atoms. The molecule has 1 aromatic heterocycles. The Morgan fingerprint density at radius 1 is 1.43 bits per heavy atom. The largest absolute Gasteiger partial charge is 0.364 e. The second-order valence-corrected chi connectivity index (χ2v) is 5.40. The van der Waals surface area contributed by atoms with Gasteiger partial charge >= 0.3 is 0 Å². The molecule has 118 valence electrons. The number of aliphatic imine (C=N–C) groups is 1. The zero-order valence-corrected chi connectivity index (χ0v) is 15.1. The van der Waals surface area contributed by atoms with Crippen molar-refractivity contribution >= 4 is 35.8 Å². The van der Waals surface area contributed by atoms with E-state index in [1.807, 2.05) is 30.3 Å². The predicted octanol–water partition coefficient (Wildman–Crippen LogP) is 1.26. The van der Waals surface area contributed by atoms with Gasteiger partial charge in [0.1, 0.15) is 6.54 Å². The normalized spacial score (nSPS) is 14.3. The van der Waals surface area contributed by atoms with Crippen LogP contribution >= 0.6 is 24.0 Å². The fourth-order valence-corrected chi connectivity index (χ4v) is 1.77. The number of hydrogen-bond acceptors (Lipinski definition) is 2. The Kier molecular flexibility index (Phi) is 7.00. The van der Waals surface area contributed by atoms with E-state index in [0.717, 1.165) is 18.2 Å². The summed E-state index contributed by atoms with van der Waals surface area (Å²) in [7, 11) is 5.47. The van der Waals surface area contributed by atoms with Gasteiger partial charge in [0.25, 0.3) is 0 Å². The van der Waals surface area contributed by atoms with E-state index >= 15 is 0 Å². The number of amides is 1. The lowest BCUT2D eigenvalue weighted by Gasteiger charge is -2.22. The predicted molar refractivity (Wildman–Crippen MR) is 94.8 cm³/mol. The number of nitrogens with zero attached hydrogens (tertiary/aromatic N) is 3. The van der Waals surface area contributed by atoms with Crippen molar-refractivity contribution in [2.75, 3.05) is 27.7 Å². The molecule has 0 aromatic carbocycles. The molecular formula is C14H24IN5O. The van der Waals surface area contributed by atoms with E-state index in [1.165, 1.54) is 12.8 Å². The van der Waals surface area contributed by atoms with Crippen molar-refractivity contribution in [2.24, 2.45) is 4.99 Å². The van der Waals surface area contributed by atoms with Gasteiger partial charge in [0.2, 0.25) is 5.91 Å². The molecule has 0 saturated heterocycles. The molecule has 2 rings (SSSR count). The average molecular weight is 405 g/mol. The van der Waals surface area contributed by atoms with Crippen LogP contribution in [-0.4, -0.2) is 60.4 Å². The highest BCUT2D eigenvalue weighted by Gasteiger charge is 2.24. The smallest absolute Gasteiger partial charge is 0.243 e.